The molecule has 1 aliphatic heterocycles. The van der Waals surface area contributed by atoms with E-state index in [4.69, 9.17) is 0 Å². The van der Waals surface area contributed by atoms with Crippen molar-refractivity contribution in [2.24, 2.45) is 0 Å². The van der Waals surface area contributed by atoms with Gasteiger partial charge >= 0.3 is 0 Å². The maximum absolute atomic E-state index is 13.3. The number of carbonyl (C=O) groups excluding carboxylic acids is 3. The molecule has 8 heteroatoms. The quantitative estimate of drug-likeness (QED) is 0.723. The van der Waals surface area contributed by atoms with Gasteiger partial charge in [0.2, 0.25) is 11.8 Å². The monoisotopic (exact) mass is 440 g/mol. The van der Waals surface area contributed by atoms with Gasteiger partial charge < -0.3 is 15.5 Å². The molecule has 0 aliphatic carbocycles. The molecule has 3 amide bonds. The third-order valence-corrected chi connectivity index (χ3v) is 5.57. The van der Waals surface area contributed by atoms with Crippen molar-refractivity contribution in [3.63, 3.8) is 0 Å². The number of nitrogens with zero attached hydrogens (tertiary/aromatic N) is 2. The van der Waals surface area contributed by atoms with Crippen molar-refractivity contribution in [1.29, 1.82) is 0 Å². The van der Waals surface area contributed by atoms with Crippen LogP contribution in [0.3, 0.4) is 0 Å². The Morgan fingerprint density at radius 2 is 1.66 bits per heavy atom. The summed E-state index contributed by atoms with van der Waals surface area (Å²) < 4.78 is 13.3. The summed E-state index contributed by atoms with van der Waals surface area (Å²) in [5.74, 6) is -1.06. The van der Waals surface area contributed by atoms with Gasteiger partial charge in [-0.2, -0.15) is 0 Å². The number of aryl methyl sites for hydroxylation is 2. The van der Waals surface area contributed by atoms with E-state index in [9.17, 15) is 18.8 Å². The van der Waals surface area contributed by atoms with Crippen molar-refractivity contribution in [1.82, 2.24) is 15.1 Å². The van der Waals surface area contributed by atoms with Gasteiger partial charge in [0.1, 0.15) is 5.82 Å². The van der Waals surface area contributed by atoms with Crippen molar-refractivity contribution in [3.05, 3.63) is 65.0 Å². The zero-order valence-corrected chi connectivity index (χ0v) is 18.7. The van der Waals surface area contributed by atoms with E-state index in [-0.39, 0.29) is 24.3 Å². The maximum atomic E-state index is 13.3. The van der Waals surface area contributed by atoms with E-state index in [1.165, 1.54) is 12.1 Å². The van der Waals surface area contributed by atoms with Gasteiger partial charge in [0.15, 0.2) is 0 Å². The number of carbonyl (C=O) groups is 3. The lowest BCUT2D eigenvalue weighted by Crippen LogP contribution is -2.55. The van der Waals surface area contributed by atoms with Crippen LogP contribution in [0.15, 0.2) is 42.5 Å². The number of hydrogen-bond acceptors (Lipinski definition) is 4. The van der Waals surface area contributed by atoms with Gasteiger partial charge in [0, 0.05) is 37.4 Å². The molecule has 1 saturated heterocycles. The predicted octanol–water partition coefficient (Wildman–Crippen LogP) is 2.34. The SMILES string of the molecule is Cc1cc(C)cc(C(=O)NCC(=O)N2CCN(C(C)C(=O)Nc3cccc(F)c3)CC2)c1. The zero-order chi connectivity index (χ0) is 23.3. The number of rotatable bonds is 6. The standard InChI is InChI=1S/C24H29FN4O3/c1-16-11-17(2)13-19(12-16)24(32)26-15-22(30)29-9-7-28(8-10-29)18(3)23(31)27-21-6-4-5-20(25)14-21/h4-6,11-14,18H,7-10,15H2,1-3H3,(H,26,32)(H,27,31). The Hall–Kier alpha value is -3.26. The first-order chi connectivity index (χ1) is 15.2. The van der Waals surface area contributed by atoms with Gasteiger partial charge in [-0.3, -0.25) is 19.3 Å². The third kappa shape index (κ3) is 6.13. The largest absolute Gasteiger partial charge is 0.343 e. The number of piperazine rings is 1. The number of halogens is 1. The topological polar surface area (TPSA) is 81.8 Å². The molecule has 2 N–H and O–H groups in total. The summed E-state index contributed by atoms with van der Waals surface area (Å²) in [6.45, 7) is 7.58. The predicted molar refractivity (Wildman–Crippen MR) is 121 cm³/mol. The fourth-order valence-electron chi connectivity index (χ4n) is 3.81. The lowest BCUT2D eigenvalue weighted by atomic mass is 10.1. The van der Waals surface area contributed by atoms with E-state index in [0.29, 0.717) is 37.4 Å². The number of nitrogens with one attached hydrogen (secondary N) is 2. The number of hydrogen-bond donors (Lipinski definition) is 2. The highest BCUT2D eigenvalue weighted by molar-refractivity contribution is 5.97. The molecular weight excluding hydrogens is 411 g/mol. The summed E-state index contributed by atoms with van der Waals surface area (Å²) in [6, 6.07) is 10.9. The molecule has 1 fully saturated rings. The van der Waals surface area contributed by atoms with E-state index >= 15 is 0 Å². The fourth-order valence-corrected chi connectivity index (χ4v) is 3.81. The first kappa shape index (κ1) is 23.4. The molecule has 1 atom stereocenters. The Labute approximate surface area is 187 Å². The average Bonchev–Trinajstić information content (AvgIpc) is 2.76. The Balaban J connectivity index is 1.45. The highest BCUT2D eigenvalue weighted by Gasteiger charge is 2.27. The van der Waals surface area contributed by atoms with Crippen LogP contribution in [0.5, 0.6) is 0 Å². The summed E-state index contributed by atoms with van der Waals surface area (Å²) in [5.41, 5.74) is 2.94. The number of anilines is 1. The van der Waals surface area contributed by atoms with Crippen molar-refractivity contribution in [2.75, 3.05) is 38.0 Å². The smallest absolute Gasteiger partial charge is 0.251 e. The van der Waals surface area contributed by atoms with E-state index in [2.05, 4.69) is 10.6 Å². The van der Waals surface area contributed by atoms with Crippen molar-refractivity contribution in [3.8, 4) is 0 Å². The van der Waals surface area contributed by atoms with Crippen LogP contribution < -0.4 is 10.6 Å². The molecule has 0 bridgehead atoms. The molecule has 0 spiro atoms. The Morgan fingerprint density at radius 3 is 2.28 bits per heavy atom. The van der Waals surface area contributed by atoms with Crippen LogP contribution in [0, 0.1) is 19.7 Å². The zero-order valence-electron chi connectivity index (χ0n) is 18.7. The first-order valence-electron chi connectivity index (χ1n) is 10.7. The Kier molecular flexibility index (Phi) is 7.58. The molecule has 32 heavy (non-hydrogen) atoms. The minimum absolute atomic E-state index is 0.0680. The number of amides is 3. The molecule has 0 radical (unpaired) electrons. The van der Waals surface area contributed by atoms with Gasteiger partial charge in [-0.05, 0) is 51.1 Å². The van der Waals surface area contributed by atoms with Gasteiger partial charge in [0.25, 0.3) is 5.91 Å². The summed E-state index contributed by atoms with van der Waals surface area (Å²) in [5, 5.41) is 5.42. The van der Waals surface area contributed by atoms with Gasteiger partial charge in [0.05, 0.1) is 12.6 Å². The minimum Gasteiger partial charge on any atom is -0.343 e. The van der Waals surface area contributed by atoms with E-state index in [1.54, 1.807) is 36.1 Å². The summed E-state index contributed by atoms with van der Waals surface area (Å²) >= 11 is 0. The second kappa shape index (κ2) is 10.4. The Morgan fingerprint density at radius 1 is 1.00 bits per heavy atom. The van der Waals surface area contributed by atoms with Crippen LogP contribution >= 0.6 is 0 Å². The Bertz CT molecular complexity index is 982. The second-order valence-electron chi connectivity index (χ2n) is 8.15. The fraction of sp³-hybridized carbons (Fsp3) is 0.375. The normalized spacial score (nSPS) is 15.2. The molecule has 7 nitrogen and oxygen atoms in total. The van der Waals surface area contributed by atoms with Gasteiger partial charge in [-0.25, -0.2) is 4.39 Å². The van der Waals surface area contributed by atoms with Crippen LogP contribution in [0.25, 0.3) is 0 Å². The highest BCUT2D eigenvalue weighted by atomic mass is 19.1. The molecule has 3 rings (SSSR count). The molecule has 1 aliphatic rings. The van der Waals surface area contributed by atoms with Crippen molar-refractivity contribution < 1.29 is 18.8 Å². The van der Waals surface area contributed by atoms with E-state index < -0.39 is 11.9 Å². The average molecular weight is 441 g/mol. The van der Waals surface area contributed by atoms with Crippen LogP contribution in [-0.2, 0) is 9.59 Å². The van der Waals surface area contributed by atoms with Crippen molar-refractivity contribution >= 4 is 23.4 Å². The van der Waals surface area contributed by atoms with Gasteiger partial charge in [-0.15, -0.1) is 0 Å². The van der Waals surface area contributed by atoms with E-state index in [0.717, 1.165) is 11.1 Å². The van der Waals surface area contributed by atoms with E-state index in [1.807, 2.05) is 24.8 Å². The van der Waals surface area contributed by atoms with Gasteiger partial charge in [-0.1, -0.05) is 23.3 Å². The molecule has 2 aromatic rings. The van der Waals surface area contributed by atoms with Crippen LogP contribution in [0.2, 0.25) is 0 Å². The highest BCUT2D eigenvalue weighted by Crippen LogP contribution is 2.13. The molecule has 1 unspecified atom stereocenters. The maximum Gasteiger partial charge on any atom is 0.251 e. The summed E-state index contributed by atoms with van der Waals surface area (Å²) in [4.78, 5) is 41.1. The minimum atomic E-state index is -0.417. The molecular formula is C24H29FN4O3. The second-order valence-corrected chi connectivity index (χ2v) is 8.15. The summed E-state index contributed by atoms with van der Waals surface area (Å²) in [6.07, 6.45) is 0. The van der Waals surface area contributed by atoms with Crippen LogP contribution in [0.4, 0.5) is 10.1 Å². The molecule has 0 saturated carbocycles. The molecule has 1 heterocycles. The van der Waals surface area contributed by atoms with Crippen LogP contribution in [-0.4, -0.2) is 66.3 Å². The number of benzene rings is 2. The lowest BCUT2D eigenvalue weighted by Gasteiger charge is -2.37. The van der Waals surface area contributed by atoms with Crippen LogP contribution in [0.1, 0.15) is 28.4 Å². The van der Waals surface area contributed by atoms with Crippen molar-refractivity contribution in [2.45, 2.75) is 26.8 Å². The molecule has 2 aromatic carbocycles. The summed E-state index contributed by atoms with van der Waals surface area (Å²) in [7, 11) is 0. The third-order valence-electron chi connectivity index (χ3n) is 5.57. The molecule has 170 valence electrons. The first-order valence-corrected chi connectivity index (χ1v) is 10.7. The molecule has 0 aromatic heterocycles. The lowest BCUT2D eigenvalue weighted by molar-refractivity contribution is -0.132.